The Hall–Kier alpha value is -1.44. The Morgan fingerprint density at radius 1 is 1.19 bits per heavy atom. The van der Waals surface area contributed by atoms with Gasteiger partial charge >= 0.3 is 0 Å². The summed E-state index contributed by atoms with van der Waals surface area (Å²) in [5.41, 5.74) is 7.27. The summed E-state index contributed by atoms with van der Waals surface area (Å²) in [6, 6.07) is 13.9. The van der Waals surface area contributed by atoms with Gasteiger partial charge in [-0.1, -0.05) is 58.5 Å². The molecule has 2 aromatic rings. The minimum absolute atomic E-state index is 0.184. The Morgan fingerprint density at radius 2 is 1.90 bits per heavy atom. The number of rotatable bonds is 5. The maximum Gasteiger partial charge on any atom is 0.236 e. The van der Waals surface area contributed by atoms with Crippen LogP contribution in [0.3, 0.4) is 0 Å². The highest BCUT2D eigenvalue weighted by Gasteiger charge is 2.15. The summed E-state index contributed by atoms with van der Waals surface area (Å²) in [7, 11) is -3.55. The number of halogens is 1. The molecular weight excluding hydrogens is 372 g/mol. The molecule has 0 bridgehead atoms. The third-order valence-corrected chi connectivity index (χ3v) is 4.68. The molecule has 4 nitrogen and oxygen atoms in total. The molecule has 0 amide bonds. The van der Waals surface area contributed by atoms with Gasteiger partial charge in [0.05, 0.1) is 5.75 Å². The zero-order valence-electron chi connectivity index (χ0n) is 10.9. The van der Waals surface area contributed by atoms with Gasteiger partial charge < -0.3 is 5.73 Å². The Balaban J connectivity index is 2.24. The van der Waals surface area contributed by atoms with E-state index in [0.29, 0.717) is 16.8 Å². The molecule has 110 valence electrons. The SMILES string of the molecule is NC(=S)c1ccccc1CS(=O)(=O)Nc1cccc(Br)c1. The summed E-state index contributed by atoms with van der Waals surface area (Å²) in [5.74, 6) is -0.187. The van der Waals surface area contributed by atoms with Crippen LogP contribution in [0.5, 0.6) is 0 Å². The predicted molar refractivity (Wildman–Crippen MR) is 92.7 cm³/mol. The van der Waals surface area contributed by atoms with E-state index in [1.54, 1.807) is 42.5 Å². The summed E-state index contributed by atoms with van der Waals surface area (Å²) in [4.78, 5) is 0.184. The highest BCUT2D eigenvalue weighted by Crippen LogP contribution is 2.19. The molecule has 2 aromatic carbocycles. The van der Waals surface area contributed by atoms with Crippen molar-refractivity contribution in [2.45, 2.75) is 5.75 Å². The van der Waals surface area contributed by atoms with Crippen LogP contribution in [0.1, 0.15) is 11.1 Å². The molecule has 0 radical (unpaired) electrons. The normalized spacial score (nSPS) is 11.1. The van der Waals surface area contributed by atoms with E-state index in [-0.39, 0.29) is 10.7 Å². The Morgan fingerprint density at radius 3 is 2.57 bits per heavy atom. The molecule has 0 heterocycles. The van der Waals surface area contributed by atoms with Gasteiger partial charge in [0.1, 0.15) is 4.99 Å². The molecular formula is C14H13BrN2O2S2. The standard InChI is InChI=1S/C14H13BrN2O2S2/c15-11-5-3-6-12(8-11)17-21(18,19)9-10-4-1-2-7-13(10)14(16)20/h1-8,17H,9H2,(H2,16,20). The minimum Gasteiger partial charge on any atom is -0.389 e. The number of anilines is 1. The first-order valence-electron chi connectivity index (χ1n) is 6.01. The summed E-state index contributed by atoms with van der Waals surface area (Å²) >= 11 is 8.24. The number of thiocarbonyl (C=S) groups is 1. The molecule has 7 heteroatoms. The second-order valence-corrected chi connectivity index (χ2v) is 7.47. The lowest BCUT2D eigenvalue weighted by Crippen LogP contribution is -2.19. The maximum atomic E-state index is 12.2. The fourth-order valence-electron chi connectivity index (χ4n) is 1.86. The van der Waals surface area contributed by atoms with Crippen LogP contribution in [-0.4, -0.2) is 13.4 Å². The highest BCUT2D eigenvalue weighted by atomic mass is 79.9. The number of hydrogen-bond donors (Lipinski definition) is 2. The van der Waals surface area contributed by atoms with Crippen molar-refractivity contribution in [1.82, 2.24) is 0 Å². The van der Waals surface area contributed by atoms with Gasteiger partial charge in [0.25, 0.3) is 0 Å². The van der Waals surface area contributed by atoms with E-state index >= 15 is 0 Å². The van der Waals surface area contributed by atoms with Crippen LogP contribution in [-0.2, 0) is 15.8 Å². The van der Waals surface area contributed by atoms with E-state index in [2.05, 4.69) is 20.7 Å². The van der Waals surface area contributed by atoms with Crippen LogP contribution in [0, 0.1) is 0 Å². The van der Waals surface area contributed by atoms with Gasteiger partial charge in [-0.15, -0.1) is 0 Å². The number of nitrogens with one attached hydrogen (secondary N) is 1. The molecule has 0 unspecified atom stereocenters. The molecule has 0 aliphatic rings. The molecule has 0 atom stereocenters. The second kappa shape index (κ2) is 6.55. The van der Waals surface area contributed by atoms with Crippen LogP contribution < -0.4 is 10.5 Å². The average Bonchev–Trinajstić information content (AvgIpc) is 2.37. The fraction of sp³-hybridized carbons (Fsp3) is 0.0714. The van der Waals surface area contributed by atoms with Gasteiger partial charge in [-0.3, -0.25) is 4.72 Å². The maximum absolute atomic E-state index is 12.2. The van der Waals surface area contributed by atoms with Crippen LogP contribution in [0.15, 0.2) is 53.0 Å². The van der Waals surface area contributed by atoms with E-state index in [1.165, 1.54) is 0 Å². The quantitative estimate of drug-likeness (QED) is 0.777. The third kappa shape index (κ3) is 4.52. The van der Waals surface area contributed by atoms with Gasteiger partial charge in [0.15, 0.2) is 0 Å². The molecule has 0 aliphatic carbocycles. The highest BCUT2D eigenvalue weighted by molar-refractivity contribution is 9.10. The van der Waals surface area contributed by atoms with Gasteiger partial charge in [0, 0.05) is 15.7 Å². The molecule has 2 rings (SSSR count). The smallest absolute Gasteiger partial charge is 0.236 e. The van der Waals surface area contributed by atoms with E-state index in [4.69, 9.17) is 18.0 Å². The molecule has 0 fully saturated rings. The van der Waals surface area contributed by atoms with Gasteiger partial charge in [0.2, 0.25) is 10.0 Å². The van der Waals surface area contributed by atoms with Crippen molar-refractivity contribution in [2.24, 2.45) is 5.73 Å². The largest absolute Gasteiger partial charge is 0.389 e. The first-order chi connectivity index (χ1) is 9.87. The number of sulfonamides is 1. The zero-order chi connectivity index (χ0) is 15.5. The van der Waals surface area contributed by atoms with Crippen molar-refractivity contribution in [3.63, 3.8) is 0 Å². The third-order valence-electron chi connectivity index (χ3n) is 2.73. The van der Waals surface area contributed by atoms with Crippen molar-refractivity contribution >= 4 is 48.8 Å². The predicted octanol–water partition coefficient (Wildman–Crippen LogP) is 3.03. The van der Waals surface area contributed by atoms with Crippen molar-refractivity contribution in [2.75, 3.05) is 4.72 Å². The molecule has 0 aromatic heterocycles. The lowest BCUT2D eigenvalue weighted by atomic mass is 10.1. The van der Waals surface area contributed by atoms with Crippen LogP contribution in [0.4, 0.5) is 5.69 Å². The topological polar surface area (TPSA) is 72.2 Å². The molecule has 0 aliphatic heterocycles. The molecule has 21 heavy (non-hydrogen) atoms. The van der Waals surface area contributed by atoms with Gasteiger partial charge in [-0.25, -0.2) is 8.42 Å². The van der Waals surface area contributed by atoms with E-state index in [1.807, 2.05) is 6.07 Å². The second-order valence-electron chi connectivity index (χ2n) is 4.39. The first-order valence-corrected chi connectivity index (χ1v) is 8.86. The molecule has 0 saturated carbocycles. The Labute approximate surface area is 137 Å². The summed E-state index contributed by atoms with van der Waals surface area (Å²) in [5, 5.41) is 0. The zero-order valence-corrected chi connectivity index (χ0v) is 14.1. The Kier molecular flexibility index (Phi) is 4.97. The average molecular weight is 385 g/mol. The van der Waals surface area contributed by atoms with E-state index in [0.717, 1.165) is 4.47 Å². The summed E-state index contributed by atoms with van der Waals surface area (Å²) in [6.07, 6.45) is 0. The lowest BCUT2D eigenvalue weighted by molar-refractivity contribution is 0.600. The van der Waals surface area contributed by atoms with Crippen LogP contribution >= 0.6 is 28.1 Å². The van der Waals surface area contributed by atoms with Crippen molar-refractivity contribution < 1.29 is 8.42 Å². The van der Waals surface area contributed by atoms with Gasteiger partial charge in [-0.05, 0) is 23.8 Å². The summed E-state index contributed by atoms with van der Waals surface area (Å²) < 4.78 is 27.8. The first kappa shape index (κ1) is 15.9. The van der Waals surface area contributed by atoms with Crippen LogP contribution in [0.25, 0.3) is 0 Å². The molecule has 0 saturated heterocycles. The van der Waals surface area contributed by atoms with E-state index in [9.17, 15) is 8.42 Å². The summed E-state index contributed by atoms with van der Waals surface area (Å²) in [6.45, 7) is 0. The number of benzene rings is 2. The monoisotopic (exact) mass is 384 g/mol. The molecule has 0 spiro atoms. The molecule has 3 N–H and O–H groups in total. The van der Waals surface area contributed by atoms with Crippen LogP contribution in [0.2, 0.25) is 0 Å². The fourth-order valence-corrected chi connectivity index (χ4v) is 3.68. The van der Waals surface area contributed by atoms with Crippen molar-refractivity contribution in [3.05, 3.63) is 64.1 Å². The van der Waals surface area contributed by atoms with Crippen molar-refractivity contribution in [3.8, 4) is 0 Å². The van der Waals surface area contributed by atoms with E-state index < -0.39 is 10.0 Å². The van der Waals surface area contributed by atoms with Gasteiger partial charge in [-0.2, -0.15) is 0 Å². The Bertz CT molecular complexity index is 776. The number of nitrogens with two attached hydrogens (primary N) is 1. The minimum atomic E-state index is -3.55. The number of hydrogen-bond acceptors (Lipinski definition) is 3. The van der Waals surface area contributed by atoms with Crippen molar-refractivity contribution in [1.29, 1.82) is 0 Å². The lowest BCUT2D eigenvalue weighted by Gasteiger charge is -2.11.